The molecule has 11 heteroatoms. The van der Waals surface area contributed by atoms with Crippen molar-refractivity contribution in [2.24, 2.45) is 0 Å². The van der Waals surface area contributed by atoms with Gasteiger partial charge in [-0.1, -0.05) is 0 Å². The quantitative estimate of drug-likeness (QED) is 0.459. The lowest BCUT2D eigenvalue weighted by Crippen LogP contribution is -2.54. The van der Waals surface area contributed by atoms with Crippen molar-refractivity contribution in [3.63, 3.8) is 0 Å². The van der Waals surface area contributed by atoms with Gasteiger partial charge >= 0.3 is 0 Å². The summed E-state index contributed by atoms with van der Waals surface area (Å²) in [5.41, 5.74) is 5.13. The maximum Gasteiger partial charge on any atom is 0.270 e. The Balaban J connectivity index is 2.02. The van der Waals surface area contributed by atoms with Crippen molar-refractivity contribution in [1.82, 2.24) is 15.8 Å². The number of benzene rings is 2. The highest BCUT2D eigenvalue weighted by molar-refractivity contribution is 6.26. The van der Waals surface area contributed by atoms with Crippen molar-refractivity contribution >= 4 is 34.0 Å². The molecular weight excluding hydrogens is 370 g/mol. The number of nitrogens with zero attached hydrogens (tertiary/aromatic N) is 3. The Morgan fingerprint density at radius 2 is 1.29 bits per heavy atom. The highest BCUT2D eigenvalue weighted by atomic mass is 16.6. The summed E-state index contributed by atoms with van der Waals surface area (Å²) >= 11 is 0. The molecule has 11 nitrogen and oxygen atoms in total. The van der Waals surface area contributed by atoms with E-state index in [1.165, 1.54) is 0 Å². The van der Waals surface area contributed by atoms with Gasteiger partial charge in [0.15, 0.2) is 0 Å². The van der Waals surface area contributed by atoms with Crippen molar-refractivity contribution in [2.75, 3.05) is 0 Å². The molecule has 28 heavy (non-hydrogen) atoms. The number of carbonyl (C=O) groups excluding carboxylic acids is 2. The third-order valence-electron chi connectivity index (χ3n) is 5.20. The van der Waals surface area contributed by atoms with Gasteiger partial charge in [-0.25, -0.2) is 0 Å². The molecule has 2 amide bonds. The Morgan fingerprint density at radius 3 is 1.68 bits per heavy atom. The average molecular weight is 385 g/mol. The van der Waals surface area contributed by atoms with Crippen molar-refractivity contribution < 1.29 is 19.4 Å². The number of hydrogen-bond acceptors (Lipinski definition) is 8. The predicted octanol–water partition coefficient (Wildman–Crippen LogP) is 1.51. The molecule has 0 aliphatic carbocycles. The number of carbonyl (C=O) groups is 2. The van der Waals surface area contributed by atoms with Crippen LogP contribution in [0.5, 0.6) is 0 Å². The van der Waals surface area contributed by atoms with Gasteiger partial charge in [0.1, 0.15) is 0 Å². The molecule has 1 saturated heterocycles. The van der Waals surface area contributed by atoms with E-state index in [-0.39, 0.29) is 45.4 Å². The number of nitro benzene ring substituents is 2. The molecule has 2 heterocycles. The first-order valence-corrected chi connectivity index (χ1v) is 8.50. The number of amides is 2. The van der Waals surface area contributed by atoms with Gasteiger partial charge in [0.2, 0.25) is 0 Å². The van der Waals surface area contributed by atoms with Crippen LogP contribution in [0.25, 0.3) is 10.8 Å². The van der Waals surface area contributed by atoms with Crippen LogP contribution in [0, 0.1) is 20.2 Å². The number of hydrogen-bond donors (Lipinski definition) is 2. The fraction of sp³-hybridized carbons (Fsp3) is 0.294. The van der Waals surface area contributed by atoms with Crippen molar-refractivity contribution in [3.05, 3.63) is 55.6 Å². The largest absolute Gasteiger partial charge is 0.270 e. The Kier molecular flexibility index (Phi) is 3.87. The summed E-state index contributed by atoms with van der Waals surface area (Å²) < 4.78 is 0. The first-order chi connectivity index (χ1) is 13.2. The maximum atomic E-state index is 13.2. The van der Waals surface area contributed by atoms with E-state index >= 15 is 0 Å². The average Bonchev–Trinajstić information content (AvgIpc) is 2.97. The van der Waals surface area contributed by atoms with Crippen LogP contribution >= 0.6 is 0 Å². The molecule has 2 N–H and O–H groups in total. The second-order valence-electron chi connectivity index (χ2n) is 6.94. The van der Waals surface area contributed by atoms with E-state index in [9.17, 15) is 29.8 Å². The van der Waals surface area contributed by atoms with Crippen LogP contribution in [0.15, 0.2) is 24.3 Å². The standard InChI is InChI=1S/C17H15N5O6/c1-7-15(8(2)19-18-7)20-16(23)12-5-10(21(25)26)3-9-4-11(22(27)28)6-13(14(9)12)17(20)24/h3-8,15,18-19H,1-2H3. The summed E-state index contributed by atoms with van der Waals surface area (Å²) in [6.07, 6.45) is 0. The molecule has 1 fully saturated rings. The molecule has 144 valence electrons. The molecule has 2 aliphatic rings. The van der Waals surface area contributed by atoms with Crippen LogP contribution in [0.1, 0.15) is 34.6 Å². The van der Waals surface area contributed by atoms with Gasteiger partial charge in [-0.05, 0) is 19.2 Å². The highest BCUT2D eigenvalue weighted by Crippen LogP contribution is 2.37. The molecule has 0 bridgehead atoms. The van der Waals surface area contributed by atoms with Crippen LogP contribution < -0.4 is 10.9 Å². The minimum absolute atomic E-state index is 0.0139. The monoisotopic (exact) mass is 385 g/mol. The lowest BCUT2D eigenvalue weighted by Gasteiger charge is -2.34. The van der Waals surface area contributed by atoms with Gasteiger partial charge in [0, 0.05) is 41.7 Å². The lowest BCUT2D eigenvalue weighted by atomic mass is 9.90. The van der Waals surface area contributed by atoms with Crippen LogP contribution in [0.2, 0.25) is 0 Å². The summed E-state index contributed by atoms with van der Waals surface area (Å²) in [6.45, 7) is 3.57. The highest BCUT2D eigenvalue weighted by Gasteiger charge is 2.45. The molecule has 2 atom stereocenters. The fourth-order valence-electron chi connectivity index (χ4n) is 3.97. The van der Waals surface area contributed by atoms with Gasteiger partial charge in [-0.3, -0.25) is 45.6 Å². The third kappa shape index (κ3) is 2.44. The van der Waals surface area contributed by atoms with E-state index in [0.29, 0.717) is 0 Å². The van der Waals surface area contributed by atoms with Crippen LogP contribution in [0.4, 0.5) is 11.4 Å². The Morgan fingerprint density at radius 1 is 0.857 bits per heavy atom. The Bertz CT molecular complexity index is 1000. The summed E-state index contributed by atoms with van der Waals surface area (Å²) in [6, 6.07) is 3.37. The predicted molar refractivity (Wildman–Crippen MR) is 96.7 cm³/mol. The maximum absolute atomic E-state index is 13.2. The number of hydrazine groups is 1. The normalized spacial score (nSPS) is 24.1. The van der Waals surface area contributed by atoms with E-state index < -0.39 is 27.7 Å². The van der Waals surface area contributed by atoms with Gasteiger partial charge in [-0.2, -0.15) is 0 Å². The summed E-state index contributed by atoms with van der Waals surface area (Å²) in [4.78, 5) is 48.7. The van der Waals surface area contributed by atoms with E-state index in [0.717, 1.165) is 29.2 Å². The van der Waals surface area contributed by atoms with Gasteiger partial charge < -0.3 is 0 Å². The molecule has 4 rings (SSSR count). The van der Waals surface area contributed by atoms with Crippen LogP contribution in [-0.4, -0.2) is 44.7 Å². The fourth-order valence-corrected chi connectivity index (χ4v) is 3.97. The molecule has 0 radical (unpaired) electrons. The van der Waals surface area contributed by atoms with Crippen molar-refractivity contribution in [3.8, 4) is 0 Å². The van der Waals surface area contributed by atoms with E-state index in [1.54, 1.807) is 13.8 Å². The minimum atomic E-state index is -0.674. The summed E-state index contributed by atoms with van der Waals surface area (Å²) in [7, 11) is 0. The summed E-state index contributed by atoms with van der Waals surface area (Å²) in [5.74, 6) is -1.32. The van der Waals surface area contributed by atoms with Crippen LogP contribution in [0.3, 0.4) is 0 Å². The van der Waals surface area contributed by atoms with E-state index in [1.807, 2.05) is 0 Å². The summed E-state index contributed by atoms with van der Waals surface area (Å²) in [5, 5.41) is 22.9. The molecule has 0 spiro atoms. The minimum Gasteiger partial charge on any atom is -0.269 e. The second-order valence-corrected chi connectivity index (χ2v) is 6.94. The van der Waals surface area contributed by atoms with Gasteiger partial charge in [-0.15, -0.1) is 0 Å². The zero-order chi connectivity index (χ0) is 20.3. The lowest BCUT2D eigenvalue weighted by molar-refractivity contribution is -0.385. The van der Waals surface area contributed by atoms with Crippen molar-refractivity contribution in [2.45, 2.75) is 32.0 Å². The molecular formula is C17H15N5O6. The third-order valence-corrected chi connectivity index (χ3v) is 5.20. The number of imide groups is 1. The SMILES string of the molecule is CC1NNC(C)C1N1C(=O)c2cc([N+](=O)[O-])cc3cc([N+](=O)[O-])cc(c23)C1=O. The van der Waals surface area contributed by atoms with Crippen LogP contribution in [-0.2, 0) is 0 Å². The number of nitrogens with one attached hydrogen (secondary N) is 2. The molecule has 0 saturated carbocycles. The Labute approximate surface area is 157 Å². The zero-order valence-electron chi connectivity index (χ0n) is 14.8. The topological polar surface area (TPSA) is 148 Å². The molecule has 0 aromatic heterocycles. The second kappa shape index (κ2) is 6.04. The van der Waals surface area contributed by atoms with Crippen molar-refractivity contribution in [1.29, 1.82) is 0 Å². The molecule has 2 aromatic rings. The number of rotatable bonds is 3. The molecule has 2 unspecified atom stereocenters. The van der Waals surface area contributed by atoms with Gasteiger partial charge in [0.25, 0.3) is 23.2 Å². The number of nitro groups is 2. The van der Waals surface area contributed by atoms with E-state index in [4.69, 9.17) is 0 Å². The first kappa shape index (κ1) is 17.9. The molecule has 2 aromatic carbocycles. The molecule has 2 aliphatic heterocycles. The van der Waals surface area contributed by atoms with E-state index in [2.05, 4.69) is 10.9 Å². The number of non-ortho nitro benzene ring substituents is 2. The Hall–Kier alpha value is -3.44. The first-order valence-electron chi connectivity index (χ1n) is 8.50. The smallest absolute Gasteiger partial charge is 0.269 e. The zero-order valence-corrected chi connectivity index (χ0v) is 14.8. The van der Waals surface area contributed by atoms with Gasteiger partial charge in [0.05, 0.1) is 27.0 Å².